The van der Waals surface area contributed by atoms with E-state index in [2.05, 4.69) is 32.9 Å². The van der Waals surface area contributed by atoms with Crippen molar-refractivity contribution in [2.45, 2.75) is 90.8 Å². The fourth-order valence-electron chi connectivity index (χ4n) is 7.82. The summed E-state index contributed by atoms with van der Waals surface area (Å²) < 4.78 is 11.7. The summed E-state index contributed by atoms with van der Waals surface area (Å²) in [5.74, 6) is 2.04. The van der Waals surface area contributed by atoms with Crippen LogP contribution in [0, 0.1) is 40.4 Å². The molecule has 0 saturated heterocycles. The molecule has 0 radical (unpaired) electrons. The lowest BCUT2D eigenvalue weighted by molar-refractivity contribution is -0.180. The first-order chi connectivity index (χ1) is 13.6. The second kappa shape index (κ2) is 6.34. The first kappa shape index (κ1) is 19.6. The Bertz CT molecular complexity index is 750. The number of fused-ring (bicyclic) bond motifs is 3. The molecule has 29 heavy (non-hydrogen) atoms. The van der Waals surface area contributed by atoms with Gasteiger partial charge in [-0.05, 0) is 94.8 Å². The van der Waals surface area contributed by atoms with Crippen LogP contribution in [0.25, 0.3) is 0 Å². The Labute approximate surface area is 174 Å². The topological polar surface area (TPSA) is 52.6 Å². The molecule has 0 aliphatic heterocycles. The minimum atomic E-state index is -0.460. The van der Waals surface area contributed by atoms with Gasteiger partial charge in [0.2, 0.25) is 0 Å². The van der Waals surface area contributed by atoms with Gasteiger partial charge in [-0.25, -0.2) is 0 Å². The highest BCUT2D eigenvalue weighted by Crippen LogP contribution is 2.78. The van der Waals surface area contributed by atoms with E-state index in [1.165, 1.54) is 25.7 Å². The summed E-state index contributed by atoms with van der Waals surface area (Å²) in [6, 6.07) is 0. The molecule has 0 heterocycles. The molecule has 0 aromatic heterocycles. The van der Waals surface area contributed by atoms with Crippen LogP contribution in [0.3, 0.4) is 0 Å². The first-order valence-corrected chi connectivity index (χ1v) is 11.7. The zero-order chi connectivity index (χ0) is 20.6. The Hall–Kier alpha value is -1.32. The number of esters is 2. The van der Waals surface area contributed by atoms with Crippen molar-refractivity contribution in [3.63, 3.8) is 0 Å². The number of rotatable bonds is 6. The zero-order valence-corrected chi connectivity index (χ0v) is 18.4. The van der Waals surface area contributed by atoms with Crippen molar-refractivity contribution in [2.24, 2.45) is 40.4 Å². The van der Waals surface area contributed by atoms with Crippen LogP contribution in [0.15, 0.2) is 12.2 Å². The molecular weight excluding hydrogens is 364 g/mol. The third-order valence-electron chi connectivity index (χ3n) is 9.18. The fraction of sp³-hybridized carbons (Fsp3) is 0.840. The molecule has 4 saturated carbocycles. The van der Waals surface area contributed by atoms with Gasteiger partial charge in [-0.15, -0.1) is 0 Å². The average molecular weight is 401 g/mol. The van der Waals surface area contributed by atoms with Gasteiger partial charge in [0.1, 0.15) is 11.7 Å². The SMILES string of the molecule is CC1CC23CC2CC(C(C)(C)OC(=O)CC(C)OC(=O)C2CC4C=CC2C4)(C1)C3. The summed E-state index contributed by atoms with van der Waals surface area (Å²) in [6.07, 6.45) is 12.4. The van der Waals surface area contributed by atoms with Gasteiger partial charge in [-0.2, -0.15) is 0 Å². The van der Waals surface area contributed by atoms with E-state index < -0.39 is 11.7 Å². The van der Waals surface area contributed by atoms with Crippen LogP contribution in [-0.2, 0) is 19.1 Å². The standard InChI is InChI=1S/C25H36O4/c1-15-10-24-12-19(24)13-25(11-15,14-24)23(3,4)29-21(26)7-16(2)28-22(27)20-9-17-5-6-18(20)8-17/h5-6,15-20H,7-14H2,1-4H3. The maximum atomic E-state index is 12.8. The summed E-state index contributed by atoms with van der Waals surface area (Å²) in [4.78, 5) is 25.3. The normalized spacial score (nSPS) is 45.0. The van der Waals surface area contributed by atoms with Gasteiger partial charge < -0.3 is 9.47 Å². The van der Waals surface area contributed by atoms with Crippen LogP contribution < -0.4 is 0 Å². The third kappa shape index (κ3) is 3.16. The molecule has 5 rings (SSSR count). The van der Waals surface area contributed by atoms with Gasteiger partial charge in [0.15, 0.2) is 0 Å². The number of carbonyl (C=O) groups is 2. The van der Waals surface area contributed by atoms with Gasteiger partial charge >= 0.3 is 11.9 Å². The van der Waals surface area contributed by atoms with Crippen LogP contribution >= 0.6 is 0 Å². The van der Waals surface area contributed by atoms with E-state index in [4.69, 9.17) is 9.47 Å². The van der Waals surface area contributed by atoms with Crippen LogP contribution in [0.2, 0.25) is 0 Å². The average Bonchev–Trinajstić information content (AvgIpc) is 2.98. The number of hydrogen-bond donors (Lipinski definition) is 0. The third-order valence-corrected chi connectivity index (χ3v) is 9.18. The van der Waals surface area contributed by atoms with Crippen LogP contribution in [-0.4, -0.2) is 23.6 Å². The lowest BCUT2D eigenvalue weighted by Gasteiger charge is -2.49. The van der Waals surface area contributed by atoms with Crippen molar-refractivity contribution < 1.29 is 19.1 Å². The number of hydrogen-bond acceptors (Lipinski definition) is 4. The minimum Gasteiger partial charge on any atom is -0.462 e. The van der Waals surface area contributed by atoms with E-state index in [9.17, 15) is 9.59 Å². The highest BCUT2D eigenvalue weighted by Gasteiger charge is 2.71. The van der Waals surface area contributed by atoms with Crippen LogP contribution in [0.4, 0.5) is 0 Å². The highest BCUT2D eigenvalue weighted by molar-refractivity contribution is 5.75. The highest BCUT2D eigenvalue weighted by atomic mass is 16.6. The maximum absolute atomic E-state index is 12.8. The molecule has 4 heteroatoms. The summed E-state index contributed by atoms with van der Waals surface area (Å²) in [5, 5.41) is 0. The first-order valence-electron chi connectivity index (χ1n) is 11.7. The molecule has 0 amide bonds. The Balaban J connectivity index is 1.16. The van der Waals surface area contributed by atoms with Crippen molar-refractivity contribution >= 4 is 11.9 Å². The van der Waals surface area contributed by atoms with E-state index in [-0.39, 0.29) is 29.7 Å². The molecule has 4 fully saturated rings. The van der Waals surface area contributed by atoms with Crippen molar-refractivity contribution in [3.05, 3.63) is 12.2 Å². The molecule has 4 nitrogen and oxygen atoms in total. The molecule has 5 aliphatic carbocycles. The van der Waals surface area contributed by atoms with Gasteiger partial charge in [0, 0.05) is 5.41 Å². The van der Waals surface area contributed by atoms with Gasteiger partial charge in [-0.1, -0.05) is 19.1 Å². The lowest BCUT2D eigenvalue weighted by atomic mass is 9.60. The predicted molar refractivity (Wildman–Crippen MR) is 110 cm³/mol. The Kier molecular flexibility index (Phi) is 4.29. The Morgan fingerprint density at radius 2 is 1.93 bits per heavy atom. The molecular formula is C25H36O4. The number of allylic oxidation sites excluding steroid dienone is 2. The molecule has 8 atom stereocenters. The number of ether oxygens (including phenoxy) is 2. The van der Waals surface area contributed by atoms with E-state index in [1.807, 2.05) is 6.92 Å². The van der Waals surface area contributed by atoms with Crippen LogP contribution in [0.5, 0.6) is 0 Å². The summed E-state index contributed by atoms with van der Waals surface area (Å²) in [6.45, 7) is 8.40. The second-order valence-corrected chi connectivity index (χ2v) is 11.8. The zero-order valence-electron chi connectivity index (χ0n) is 18.4. The van der Waals surface area contributed by atoms with Crippen molar-refractivity contribution in [1.82, 2.24) is 0 Å². The smallest absolute Gasteiger partial charge is 0.310 e. The van der Waals surface area contributed by atoms with E-state index in [0.717, 1.165) is 25.2 Å². The molecule has 4 bridgehead atoms. The summed E-state index contributed by atoms with van der Waals surface area (Å²) >= 11 is 0. The Morgan fingerprint density at radius 1 is 1.14 bits per heavy atom. The van der Waals surface area contributed by atoms with Crippen LogP contribution in [0.1, 0.15) is 79.1 Å². The van der Waals surface area contributed by atoms with Gasteiger partial charge in [0.25, 0.3) is 0 Å². The van der Waals surface area contributed by atoms with Crippen molar-refractivity contribution in [3.8, 4) is 0 Å². The molecule has 5 aliphatic rings. The fourth-order valence-corrected chi connectivity index (χ4v) is 7.82. The molecule has 0 aromatic carbocycles. The van der Waals surface area contributed by atoms with E-state index in [1.54, 1.807) is 0 Å². The summed E-state index contributed by atoms with van der Waals surface area (Å²) in [7, 11) is 0. The van der Waals surface area contributed by atoms with Gasteiger partial charge in [0.05, 0.1) is 12.3 Å². The van der Waals surface area contributed by atoms with E-state index >= 15 is 0 Å². The molecule has 1 spiro atoms. The largest absolute Gasteiger partial charge is 0.462 e. The van der Waals surface area contributed by atoms with Crippen molar-refractivity contribution in [1.29, 1.82) is 0 Å². The molecule has 8 unspecified atom stereocenters. The molecule has 160 valence electrons. The second-order valence-electron chi connectivity index (χ2n) is 11.8. The van der Waals surface area contributed by atoms with Gasteiger partial charge in [-0.3, -0.25) is 9.59 Å². The quantitative estimate of drug-likeness (QED) is 0.462. The summed E-state index contributed by atoms with van der Waals surface area (Å²) in [5.41, 5.74) is 0.218. The minimum absolute atomic E-state index is 0.0241. The predicted octanol–water partition coefficient (Wildman–Crippen LogP) is 5.06. The molecule has 0 N–H and O–H groups in total. The van der Waals surface area contributed by atoms with Crippen molar-refractivity contribution in [2.75, 3.05) is 0 Å². The number of carbonyl (C=O) groups excluding carboxylic acids is 2. The maximum Gasteiger partial charge on any atom is 0.310 e. The molecule has 0 aromatic rings. The monoisotopic (exact) mass is 400 g/mol. The lowest BCUT2D eigenvalue weighted by Crippen LogP contribution is -2.49. The van der Waals surface area contributed by atoms with E-state index in [0.29, 0.717) is 23.2 Å². The Morgan fingerprint density at radius 3 is 2.62 bits per heavy atom.